The van der Waals surface area contributed by atoms with E-state index >= 15 is 0 Å². The van der Waals surface area contributed by atoms with Gasteiger partial charge in [-0.25, -0.2) is 14.0 Å². The number of rotatable bonds is 6. The van der Waals surface area contributed by atoms with Gasteiger partial charge in [0.25, 0.3) is 0 Å². The molecule has 0 amide bonds. The topological polar surface area (TPSA) is 82.3 Å². The maximum atomic E-state index is 12.8. The molecule has 0 atom stereocenters. The molecule has 8 nitrogen and oxygen atoms in total. The zero-order valence-electron chi connectivity index (χ0n) is 15.9. The Labute approximate surface area is 162 Å². The fourth-order valence-corrected chi connectivity index (χ4v) is 3.44. The molecule has 1 aliphatic heterocycles. The number of hydrazine groups is 1. The predicted octanol–water partition coefficient (Wildman–Crippen LogP) is 1.29. The van der Waals surface area contributed by atoms with Crippen LogP contribution in [0, 0.1) is 0 Å². The van der Waals surface area contributed by atoms with Crippen molar-refractivity contribution in [1.82, 2.24) is 25.2 Å². The Morgan fingerprint density at radius 1 is 1.11 bits per heavy atom. The van der Waals surface area contributed by atoms with Crippen LogP contribution in [0.3, 0.4) is 0 Å². The summed E-state index contributed by atoms with van der Waals surface area (Å²) in [5, 5.41) is 4.26. The average Bonchev–Trinajstić information content (AvgIpc) is 3.38. The maximum Gasteiger partial charge on any atom is 0.350 e. The van der Waals surface area contributed by atoms with E-state index < -0.39 is 0 Å². The zero-order valence-corrected chi connectivity index (χ0v) is 15.9. The van der Waals surface area contributed by atoms with E-state index in [-0.39, 0.29) is 5.69 Å². The molecule has 8 heteroatoms. The van der Waals surface area contributed by atoms with Gasteiger partial charge in [-0.1, -0.05) is 18.2 Å². The van der Waals surface area contributed by atoms with Crippen molar-refractivity contribution in [2.45, 2.75) is 12.5 Å². The smallest absolute Gasteiger partial charge is 0.350 e. The predicted molar refractivity (Wildman–Crippen MR) is 105 cm³/mol. The van der Waals surface area contributed by atoms with Gasteiger partial charge in [-0.3, -0.25) is 10.9 Å². The van der Waals surface area contributed by atoms with Gasteiger partial charge in [0.15, 0.2) is 0 Å². The normalized spacial score (nSPS) is 14.4. The fourth-order valence-electron chi connectivity index (χ4n) is 3.44. The molecule has 2 aromatic carbocycles. The summed E-state index contributed by atoms with van der Waals surface area (Å²) in [5.74, 6) is 1.85. The number of benzene rings is 2. The molecule has 1 aliphatic rings. The molecule has 0 saturated carbocycles. The Morgan fingerprint density at radius 3 is 2.68 bits per heavy atom. The van der Waals surface area contributed by atoms with Gasteiger partial charge in [0.1, 0.15) is 17.8 Å². The van der Waals surface area contributed by atoms with E-state index in [9.17, 15) is 4.79 Å². The molecule has 28 heavy (non-hydrogen) atoms. The van der Waals surface area contributed by atoms with Crippen molar-refractivity contribution in [3.63, 3.8) is 0 Å². The average molecular weight is 381 g/mol. The molecule has 146 valence electrons. The van der Waals surface area contributed by atoms with Gasteiger partial charge in [0, 0.05) is 25.1 Å². The summed E-state index contributed by atoms with van der Waals surface area (Å²) in [4.78, 5) is 12.8. The van der Waals surface area contributed by atoms with Crippen LogP contribution in [0.4, 0.5) is 0 Å². The molecule has 4 rings (SSSR count). The van der Waals surface area contributed by atoms with Crippen LogP contribution in [0.5, 0.6) is 11.5 Å². The van der Waals surface area contributed by atoms with Crippen molar-refractivity contribution < 1.29 is 9.47 Å². The van der Waals surface area contributed by atoms with E-state index in [4.69, 9.17) is 9.47 Å². The number of nitrogens with one attached hydrogen (secondary N) is 2. The third kappa shape index (κ3) is 3.51. The van der Waals surface area contributed by atoms with Crippen LogP contribution in [0.25, 0.3) is 5.69 Å². The Balaban J connectivity index is 1.62. The number of hydrogen-bond donors (Lipinski definition) is 2. The first-order valence-corrected chi connectivity index (χ1v) is 9.11. The van der Waals surface area contributed by atoms with E-state index in [1.807, 2.05) is 42.5 Å². The van der Waals surface area contributed by atoms with Crippen molar-refractivity contribution in [1.29, 1.82) is 0 Å². The monoisotopic (exact) mass is 381 g/mol. The highest BCUT2D eigenvalue weighted by Gasteiger charge is 2.21. The Bertz CT molecular complexity index is 1020. The summed E-state index contributed by atoms with van der Waals surface area (Å²) >= 11 is 0. The summed E-state index contributed by atoms with van der Waals surface area (Å²) in [7, 11) is 3.27. The molecule has 2 N–H and O–H groups in total. The van der Waals surface area contributed by atoms with E-state index in [0.29, 0.717) is 12.5 Å². The second kappa shape index (κ2) is 7.87. The van der Waals surface area contributed by atoms with Gasteiger partial charge < -0.3 is 9.47 Å². The van der Waals surface area contributed by atoms with E-state index in [1.54, 1.807) is 14.2 Å². The number of hydrogen-bond acceptors (Lipinski definition) is 6. The van der Waals surface area contributed by atoms with Crippen LogP contribution in [0.2, 0.25) is 0 Å². The lowest BCUT2D eigenvalue weighted by Gasteiger charge is -2.14. The van der Waals surface area contributed by atoms with Crippen LogP contribution in [-0.2, 0) is 6.54 Å². The highest BCUT2D eigenvalue weighted by Crippen LogP contribution is 2.29. The maximum absolute atomic E-state index is 12.8. The van der Waals surface area contributed by atoms with Gasteiger partial charge in [-0.2, -0.15) is 5.10 Å². The lowest BCUT2D eigenvalue weighted by atomic mass is 9.99. The summed E-state index contributed by atoms with van der Waals surface area (Å²) in [6.45, 7) is 2.06. The quantitative estimate of drug-likeness (QED) is 0.670. The molecule has 3 aromatic rings. The van der Waals surface area contributed by atoms with E-state index in [2.05, 4.69) is 16.0 Å². The molecule has 1 aromatic heterocycles. The molecular weight excluding hydrogens is 358 g/mol. The standard InChI is InChI=1S/C20H23N5O3/c1-27-17-5-3-4-14(8-17)12-25-20(26)24(13-23-25)16-6-7-18(19(9-16)28-2)15-10-21-22-11-15/h3-9,13,15,21-22H,10-12H2,1-2H3. The van der Waals surface area contributed by atoms with Gasteiger partial charge in [-0.05, 0) is 29.3 Å². The Hall–Kier alpha value is -3.10. The SMILES string of the molecule is COc1cccc(Cn2ncn(-c3ccc(C4CNNC4)c(OC)c3)c2=O)c1. The number of methoxy groups -OCH3 is 2. The first kappa shape index (κ1) is 18.3. The molecule has 2 heterocycles. The Kier molecular flexibility index (Phi) is 5.14. The van der Waals surface area contributed by atoms with E-state index in [0.717, 1.165) is 41.4 Å². The number of aromatic nitrogens is 3. The molecule has 0 aliphatic carbocycles. The molecule has 0 spiro atoms. The zero-order chi connectivity index (χ0) is 19.5. The van der Waals surface area contributed by atoms with Crippen LogP contribution in [0.15, 0.2) is 53.6 Å². The second-order valence-electron chi connectivity index (χ2n) is 6.68. The van der Waals surface area contributed by atoms with Crippen LogP contribution in [0.1, 0.15) is 17.0 Å². The largest absolute Gasteiger partial charge is 0.497 e. The highest BCUT2D eigenvalue weighted by atomic mass is 16.5. The van der Waals surface area contributed by atoms with Crippen molar-refractivity contribution in [3.05, 3.63) is 70.4 Å². The van der Waals surface area contributed by atoms with Gasteiger partial charge >= 0.3 is 5.69 Å². The highest BCUT2D eigenvalue weighted by molar-refractivity contribution is 5.46. The van der Waals surface area contributed by atoms with Crippen molar-refractivity contribution in [3.8, 4) is 17.2 Å². The summed E-state index contributed by atoms with van der Waals surface area (Å²) in [5.41, 5.74) is 8.83. The third-order valence-electron chi connectivity index (χ3n) is 4.96. The summed E-state index contributed by atoms with van der Waals surface area (Å²) < 4.78 is 13.8. The van der Waals surface area contributed by atoms with Gasteiger partial charge in [-0.15, -0.1) is 0 Å². The summed E-state index contributed by atoms with van der Waals surface area (Å²) in [6.07, 6.45) is 1.54. The second-order valence-corrected chi connectivity index (χ2v) is 6.68. The number of ether oxygens (including phenoxy) is 2. The van der Waals surface area contributed by atoms with E-state index in [1.165, 1.54) is 15.6 Å². The van der Waals surface area contributed by atoms with Crippen LogP contribution in [-0.4, -0.2) is 41.7 Å². The molecule has 0 unspecified atom stereocenters. The minimum absolute atomic E-state index is 0.207. The first-order valence-electron chi connectivity index (χ1n) is 9.11. The molecule has 1 saturated heterocycles. The lowest BCUT2D eigenvalue weighted by molar-refractivity contribution is 0.406. The van der Waals surface area contributed by atoms with Crippen molar-refractivity contribution >= 4 is 0 Å². The minimum Gasteiger partial charge on any atom is -0.497 e. The van der Waals surface area contributed by atoms with Crippen LogP contribution >= 0.6 is 0 Å². The first-order chi connectivity index (χ1) is 13.7. The Morgan fingerprint density at radius 2 is 1.93 bits per heavy atom. The van der Waals surface area contributed by atoms with Crippen molar-refractivity contribution in [2.24, 2.45) is 0 Å². The summed E-state index contributed by atoms with van der Waals surface area (Å²) in [6, 6.07) is 13.4. The molecule has 0 radical (unpaired) electrons. The molecule has 0 bridgehead atoms. The molecule has 1 fully saturated rings. The molecular formula is C20H23N5O3. The fraction of sp³-hybridized carbons (Fsp3) is 0.300. The lowest BCUT2D eigenvalue weighted by Crippen LogP contribution is -2.24. The van der Waals surface area contributed by atoms with Gasteiger partial charge in [0.2, 0.25) is 0 Å². The minimum atomic E-state index is -0.207. The van der Waals surface area contributed by atoms with Crippen molar-refractivity contribution in [2.75, 3.05) is 27.3 Å². The van der Waals surface area contributed by atoms with Crippen LogP contribution < -0.4 is 26.0 Å². The third-order valence-corrected chi connectivity index (χ3v) is 4.96. The van der Waals surface area contributed by atoms with Gasteiger partial charge in [0.05, 0.1) is 26.5 Å². The number of nitrogens with zero attached hydrogens (tertiary/aromatic N) is 3.